The summed E-state index contributed by atoms with van der Waals surface area (Å²) < 4.78 is 4.27. The van der Waals surface area contributed by atoms with Crippen molar-refractivity contribution in [3.8, 4) is 0 Å². The van der Waals surface area contributed by atoms with E-state index in [1.165, 1.54) is 20.1 Å². The molecule has 0 bridgehead atoms. The Kier molecular flexibility index (Phi) is 12.3. The lowest BCUT2D eigenvalue weighted by Crippen LogP contribution is -2.02. The van der Waals surface area contributed by atoms with Crippen LogP contribution in [-0.4, -0.2) is 35.2 Å². The van der Waals surface area contributed by atoms with Crippen LogP contribution in [0.15, 0.2) is 35.5 Å². The molecule has 0 aliphatic carbocycles. The number of hydrogen-bond acceptors (Lipinski definition) is 4. The van der Waals surface area contributed by atoms with E-state index in [0.717, 1.165) is 12.8 Å². The molecule has 0 rings (SSSR count). The lowest BCUT2D eigenvalue weighted by molar-refractivity contribution is -0.136. The summed E-state index contributed by atoms with van der Waals surface area (Å²) in [7, 11) is 1.33. The van der Waals surface area contributed by atoms with Gasteiger partial charge in [0.15, 0.2) is 0 Å². The molecule has 6 heteroatoms. The average molecular weight is 312 g/mol. The largest absolute Gasteiger partial charge is 0.478 e. The van der Waals surface area contributed by atoms with Crippen molar-refractivity contribution in [2.24, 2.45) is 0 Å². The topological polar surface area (TPSA) is 101 Å². The second-order valence-electron chi connectivity index (χ2n) is 4.51. The van der Waals surface area contributed by atoms with Gasteiger partial charge >= 0.3 is 17.9 Å². The first-order valence-corrected chi connectivity index (χ1v) is 6.76. The van der Waals surface area contributed by atoms with Gasteiger partial charge in [-0.1, -0.05) is 32.4 Å². The quantitative estimate of drug-likeness (QED) is 0.324. The van der Waals surface area contributed by atoms with Crippen LogP contribution in [0.3, 0.4) is 0 Å². The lowest BCUT2D eigenvalue weighted by Gasteiger charge is -1.97. The zero-order valence-corrected chi connectivity index (χ0v) is 13.5. The Hall–Kier alpha value is -2.37. The molecule has 0 spiro atoms. The molecular weight excluding hydrogens is 288 g/mol. The van der Waals surface area contributed by atoms with Crippen molar-refractivity contribution in [3.05, 3.63) is 35.5 Å². The van der Waals surface area contributed by atoms with Crippen molar-refractivity contribution in [2.75, 3.05) is 7.11 Å². The number of allylic oxidation sites excluding steroid dienone is 1. The van der Waals surface area contributed by atoms with Gasteiger partial charge in [-0.15, -0.1) is 0 Å². The lowest BCUT2D eigenvalue weighted by atomic mass is 10.1. The number of carboxylic acid groups (broad SMARTS) is 2. The number of unbranched alkanes of at least 4 members (excludes halogenated alkanes) is 2. The number of rotatable bonds is 7. The highest BCUT2D eigenvalue weighted by atomic mass is 16.5. The minimum atomic E-state index is -1.10. The Balaban J connectivity index is 0. The summed E-state index contributed by atoms with van der Waals surface area (Å²) in [6.45, 7) is 8.33. The Morgan fingerprint density at radius 3 is 1.95 bits per heavy atom. The standard InChI is InChI=1S/C11H16O4.C5H8O2/c1-3-4-5-6-9(11(14)15)7-8(2)10(12)13;1-4(2)5(6)7-3/h6-7H,3-5H2,1-2H3,(H,12,13)(H,14,15);1H2,2-3H3. The number of carbonyl (C=O) groups excluding carboxylic acids is 1. The van der Waals surface area contributed by atoms with Gasteiger partial charge in [-0.25, -0.2) is 14.4 Å². The van der Waals surface area contributed by atoms with Gasteiger partial charge in [0.1, 0.15) is 0 Å². The second kappa shape index (κ2) is 12.4. The van der Waals surface area contributed by atoms with Crippen LogP contribution in [0, 0.1) is 0 Å². The fraction of sp³-hybridized carbons (Fsp3) is 0.438. The van der Waals surface area contributed by atoms with E-state index in [4.69, 9.17) is 10.2 Å². The number of hydrogen-bond donors (Lipinski definition) is 2. The molecule has 0 heterocycles. The van der Waals surface area contributed by atoms with Crippen LogP contribution in [0.25, 0.3) is 0 Å². The van der Waals surface area contributed by atoms with Crippen molar-refractivity contribution in [3.63, 3.8) is 0 Å². The van der Waals surface area contributed by atoms with Crippen LogP contribution in [0.5, 0.6) is 0 Å². The molecule has 0 atom stereocenters. The third kappa shape index (κ3) is 11.5. The maximum absolute atomic E-state index is 10.7. The number of aliphatic carboxylic acids is 2. The minimum Gasteiger partial charge on any atom is -0.478 e. The smallest absolute Gasteiger partial charge is 0.335 e. The van der Waals surface area contributed by atoms with Crippen LogP contribution in [0.2, 0.25) is 0 Å². The fourth-order valence-corrected chi connectivity index (χ4v) is 1.14. The van der Waals surface area contributed by atoms with Gasteiger partial charge in [0.25, 0.3) is 0 Å². The molecule has 0 saturated heterocycles. The zero-order chi connectivity index (χ0) is 17.7. The molecule has 22 heavy (non-hydrogen) atoms. The summed E-state index contributed by atoms with van der Waals surface area (Å²) in [6.07, 6.45) is 5.27. The zero-order valence-electron chi connectivity index (χ0n) is 13.5. The van der Waals surface area contributed by atoms with Crippen LogP contribution in [0.4, 0.5) is 0 Å². The van der Waals surface area contributed by atoms with E-state index in [-0.39, 0.29) is 17.1 Å². The highest BCUT2D eigenvalue weighted by Crippen LogP contribution is 2.07. The maximum Gasteiger partial charge on any atom is 0.335 e. The van der Waals surface area contributed by atoms with Crippen molar-refractivity contribution in [1.29, 1.82) is 0 Å². The fourth-order valence-electron chi connectivity index (χ4n) is 1.14. The first-order valence-electron chi connectivity index (χ1n) is 6.76. The number of carbonyl (C=O) groups is 3. The number of methoxy groups -OCH3 is 1. The summed E-state index contributed by atoms with van der Waals surface area (Å²) in [5.41, 5.74) is 0.506. The van der Waals surface area contributed by atoms with Gasteiger partial charge < -0.3 is 14.9 Å². The highest BCUT2D eigenvalue weighted by Gasteiger charge is 2.07. The molecule has 2 N–H and O–H groups in total. The molecule has 0 unspecified atom stereocenters. The molecule has 0 aromatic heterocycles. The Labute approximate surface area is 130 Å². The Bertz CT molecular complexity index is 471. The number of esters is 1. The molecule has 0 radical (unpaired) electrons. The van der Waals surface area contributed by atoms with E-state index in [9.17, 15) is 14.4 Å². The molecule has 124 valence electrons. The molecule has 0 amide bonds. The van der Waals surface area contributed by atoms with E-state index in [0.29, 0.717) is 12.0 Å². The SMILES string of the molecule is C=C(C)C(=O)OC.CCCCC=C(C=C(C)C(=O)O)C(=O)O. The van der Waals surface area contributed by atoms with Crippen molar-refractivity contribution < 1.29 is 29.3 Å². The summed E-state index contributed by atoms with van der Waals surface area (Å²) in [5.74, 6) is -2.54. The predicted molar refractivity (Wildman–Crippen MR) is 83.5 cm³/mol. The number of ether oxygens (including phenoxy) is 1. The Morgan fingerprint density at radius 2 is 1.68 bits per heavy atom. The van der Waals surface area contributed by atoms with Crippen molar-refractivity contribution in [1.82, 2.24) is 0 Å². The molecule has 0 aromatic carbocycles. The van der Waals surface area contributed by atoms with Crippen LogP contribution < -0.4 is 0 Å². The van der Waals surface area contributed by atoms with Crippen LogP contribution in [-0.2, 0) is 19.1 Å². The average Bonchev–Trinajstić information content (AvgIpc) is 2.45. The van der Waals surface area contributed by atoms with Gasteiger partial charge in [-0.2, -0.15) is 0 Å². The summed E-state index contributed by atoms with van der Waals surface area (Å²) in [6, 6.07) is 0. The highest BCUT2D eigenvalue weighted by molar-refractivity contribution is 5.94. The van der Waals surface area contributed by atoms with E-state index >= 15 is 0 Å². The van der Waals surface area contributed by atoms with Crippen LogP contribution in [0.1, 0.15) is 40.0 Å². The normalized spacial score (nSPS) is 11.1. The van der Waals surface area contributed by atoms with Crippen molar-refractivity contribution >= 4 is 17.9 Å². The summed E-state index contributed by atoms with van der Waals surface area (Å²) in [4.78, 5) is 31.4. The van der Waals surface area contributed by atoms with Gasteiger partial charge in [-0.3, -0.25) is 0 Å². The molecule has 0 aliphatic rings. The van der Waals surface area contributed by atoms with Gasteiger partial charge in [0.05, 0.1) is 12.7 Å². The molecule has 0 aliphatic heterocycles. The summed E-state index contributed by atoms with van der Waals surface area (Å²) in [5, 5.41) is 17.4. The molecule has 6 nitrogen and oxygen atoms in total. The van der Waals surface area contributed by atoms with Crippen LogP contribution >= 0.6 is 0 Å². The molecule has 0 saturated carbocycles. The molecule has 0 fully saturated rings. The van der Waals surface area contributed by atoms with E-state index in [1.807, 2.05) is 6.92 Å². The second-order valence-corrected chi connectivity index (χ2v) is 4.51. The third-order valence-electron chi connectivity index (χ3n) is 2.41. The Morgan fingerprint density at radius 1 is 1.14 bits per heavy atom. The van der Waals surface area contributed by atoms with E-state index < -0.39 is 11.9 Å². The third-order valence-corrected chi connectivity index (χ3v) is 2.41. The first kappa shape index (κ1) is 21.9. The minimum absolute atomic E-state index is 0.0279. The first-order chi connectivity index (χ1) is 10.2. The molecule has 0 aromatic rings. The monoisotopic (exact) mass is 312 g/mol. The van der Waals surface area contributed by atoms with Gasteiger partial charge in [0.2, 0.25) is 0 Å². The van der Waals surface area contributed by atoms with Gasteiger partial charge in [-0.05, 0) is 26.3 Å². The van der Waals surface area contributed by atoms with E-state index in [1.54, 1.807) is 13.0 Å². The van der Waals surface area contributed by atoms with Crippen molar-refractivity contribution in [2.45, 2.75) is 40.0 Å². The number of carboxylic acids is 2. The van der Waals surface area contributed by atoms with E-state index in [2.05, 4.69) is 11.3 Å². The predicted octanol–water partition coefficient (Wildman–Crippen LogP) is 2.95. The summed E-state index contributed by atoms with van der Waals surface area (Å²) >= 11 is 0. The van der Waals surface area contributed by atoms with Gasteiger partial charge in [0, 0.05) is 11.1 Å². The molecular formula is C16H24O6. The maximum atomic E-state index is 10.7.